The molecule has 0 heterocycles. The maximum atomic E-state index is 11.8. The highest BCUT2D eigenvalue weighted by atomic mass is 32.1. The molecule has 3 nitrogen and oxygen atoms in total. The minimum Gasteiger partial charge on any atom is -0.344 e. The summed E-state index contributed by atoms with van der Waals surface area (Å²) in [6.07, 6.45) is 0.364. The quantitative estimate of drug-likeness (QED) is 0.830. The summed E-state index contributed by atoms with van der Waals surface area (Å²) in [4.78, 5) is 14.3. The number of hydrogen-bond donors (Lipinski definition) is 1. The van der Waals surface area contributed by atoms with E-state index >= 15 is 0 Å². The molecule has 0 aromatic heterocycles. The summed E-state index contributed by atoms with van der Waals surface area (Å²) in [5, 5.41) is 8.69. The van der Waals surface area contributed by atoms with Gasteiger partial charge in [-0.15, -0.1) is 12.6 Å². The van der Waals surface area contributed by atoms with Crippen molar-refractivity contribution in [2.24, 2.45) is 5.92 Å². The smallest absolute Gasteiger partial charge is 0.226 e. The van der Waals surface area contributed by atoms with Crippen LogP contribution in [0.4, 0.5) is 0 Å². The molecule has 1 aromatic rings. The van der Waals surface area contributed by atoms with Gasteiger partial charge in [0, 0.05) is 18.5 Å². The summed E-state index contributed by atoms with van der Waals surface area (Å²) < 4.78 is 0. The maximum absolute atomic E-state index is 11.8. The van der Waals surface area contributed by atoms with Crippen molar-refractivity contribution in [2.75, 3.05) is 13.6 Å². The van der Waals surface area contributed by atoms with Crippen molar-refractivity contribution in [1.29, 1.82) is 5.26 Å². The third-order valence-corrected chi connectivity index (χ3v) is 2.78. The third kappa shape index (κ3) is 4.49. The largest absolute Gasteiger partial charge is 0.344 e. The molecule has 1 atom stereocenters. The van der Waals surface area contributed by atoms with E-state index < -0.39 is 0 Å². The molecule has 1 rings (SSSR count). The van der Waals surface area contributed by atoms with Gasteiger partial charge in [0.1, 0.15) is 0 Å². The number of benzene rings is 1. The second-order valence-corrected chi connectivity index (χ2v) is 4.66. The van der Waals surface area contributed by atoms with Gasteiger partial charge in [-0.3, -0.25) is 4.79 Å². The van der Waals surface area contributed by atoms with E-state index in [0.29, 0.717) is 13.0 Å². The molecule has 0 N–H and O–H groups in total. The van der Waals surface area contributed by atoms with Crippen molar-refractivity contribution in [1.82, 2.24) is 4.90 Å². The summed E-state index contributed by atoms with van der Waals surface area (Å²) in [6, 6.07) is 9.63. The van der Waals surface area contributed by atoms with Crippen LogP contribution in [-0.2, 0) is 11.2 Å². The Morgan fingerprint density at radius 2 is 2.06 bits per heavy atom. The Morgan fingerprint density at radius 1 is 1.47 bits per heavy atom. The number of carbonyl (C=O) groups excluding carboxylic acids is 1. The SMILES string of the molecule is CC(C#N)CN(C)C(=O)Cc1ccc(S)cc1. The molecule has 1 unspecified atom stereocenters. The number of carbonyl (C=O) groups is 1. The first kappa shape index (κ1) is 13.6. The van der Waals surface area contributed by atoms with Gasteiger partial charge in [0.05, 0.1) is 18.4 Å². The second-order valence-electron chi connectivity index (χ2n) is 4.15. The first-order valence-electron chi connectivity index (χ1n) is 5.44. The van der Waals surface area contributed by atoms with E-state index in [-0.39, 0.29) is 11.8 Å². The lowest BCUT2D eigenvalue weighted by Crippen LogP contribution is -2.31. The molecule has 90 valence electrons. The zero-order valence-corrected chi connectivity index (χ0v) is 10.9. The Labute approximate surface area is 107 Å². The first-order valence-corrected chi connectivity index (χ1v) is 5.89. The highest BCUT2D eigenvalue weighted by Gasteiger charge is 2.12. The Balaban J connectivity index is 2.54. The van der Waals surface area contributed by atoms with Crippen LogP contribution in [-0.4, -0.2) is 24.4 Å². The molecule has 0 aliphatic carbocycles. The number of rotatable bonds is 4. The van der Waals surface area contributed by atoms with Crippen LogP contribution in [0.1, 0.15) is 12.5 Å². The number of nitrogens with zero attached hydrogens (tertiary/aromatic N) is 2. The van der Waals surface area contributed by atoms with Crippen molar-refractivity contribution >= 4 is 18.5 Å². The standard InChI is InChI=1S/C13H16N2OS/c1-10(8-14)9-15(2)13(16)7-11-3-5-12(17)6-4-11/h3-6,10,17H,7,9H2,1-2H3. The van der Waals surface area contributed by atoms with Gasteiger partial charge in [-0.2, -0.15) is 5.26 Å². The molecular formula is C13H16N2OS. The normalized spacial score (nSPS) is 11.6. The van der Waals surface area contributed by atoms with E-state index in [0.717, 1.165) is 10.5 Å². The van der Waals surface area contributed by atoms with Crippen molar-refractivity contribution in [3.05, 3.63) is 29.8 Å². The van der Waals surface area contributed by atoms with Crippen LogP contribution in [0.15, 0.2) is 29.2 Å². The average molecular weight is 248 g/mol. The Kier molecular flexibility index (Phi) is 5.05. The number of thiol groups is 1. The van der Waals surface area contributed by atoms with Gasteiger partial charge in [-0.1, -0.05) is 12.1 Å². The molecule has 0 saturated carbocycles. The van der Waals surface area contributed by atoms with Crippen molar-refractivity contribution in [2.45, 2.75) is 18.2 Å². The van der Waals surface area contributed by atoms with Gasteiger partial charge in [-0.25, -0.2) is 0 Å². The lowest BCUT2D eigenvalue weighted by Gasteiger charge is -2.18. The third-order valence-electron chi connectivity index (χ3n) is 2.49. The predicted molar refractivity (Wildman–Crippen MR) is 69.8 cm³/mol. The monoisotopic (exact) mass is 248 g/mol. The maximum Gasteiger partial charge on any atom is 0.226 e. The Hall–Kier alpha value is -1.47. The van der Waals surface area contributed by atoms with E-state index in [2.05, 4.69) is 18.7 Å². The van der Waals surface area contributed by atoms with Crippen LogP contribution in [0.25, 0.3) is 0 Å². The lowest BCUT2D eigenvalue weighted by molar-refractivity contribution is -0.129. The summed E-state index contributed by atoms with van der Waals surface area (Å²) >= 11 is 4.19. The van der Waals surface area contributed by atoms with Gasteiger partial charge in [-0.05, 0) is 24.6 Å². The predicted octanol–water partition coefficient (Wildman–Crippen LogP) is 2.14. The Morgan fingerprint density at radius 3 is 2.59 bits per heavy atom. The van der Waals surface area contributed by atoms with Crippen LogP contribution in [0.3, 0.4) is 0 Å². The number of nitriles is 1. The summed E-state index contributed by atoms with van der Waals surface area (Å²) in [5.74, 6) is -0.109. The van der Waals surface area contributed by atoms with Gasteiger partial charge < -0.3 is 4.90 Å². The van der Waals surface area contributed by atoms with Gasteiger partial charge in [0.2, 0.25) is 5.91 Å². The van der Waals surface area contributed by atoms with E-state index in [9.17, 15) is 4.79 Å². The van der Waals surface area contributed by atoms with Crippen LogP contribution in [0.2, 0.25) is 0 Å². The van der Waals surface area contributed by atoms with Gasteiger partial charge in [0.15, 0.2) is 0 Å². The van der Waals surface area contributed by atoms with E-state index in [1.165, 1.54) is 0 Å². The molecule has 0 radical (unpaired) electrons. The van der Waals surface area contributed by atoms with E-state index in [1.54, 1.807) is 18.9 Å². The molecule has 0 saturated heterocycles. The summed E-state index contributed by atoms with van der Waals surface area (Å²) in [5.41, 5.74) is 0.962. The zero-order valence-electron chi connectivity index (χ0n) is 10.1. The average Bonchev–Trinajstić information content (AvgIpc) is 2.31. The lowest BCUT2D eigenvalue weighted by atomic mass is 10.1. The minimum absolute atomic E-state index is 0.0269. The van der Waals surface area contributed by atoms with Crippen LogP contribution in [0, 0.1) is 17.2 Å². The van der Waals surface area contributed by atoms with Gasteiger partial charge in [0.25, 0.3) is 0 Å². The summed E-state index contributed by atoms with van der Waals surface area (Å²) in [6.45, 7) is 2.28. The van der Waals surface area contributed by atoms with E-state index in [4.69, 9.17) is 5.26 Å². The van der Waals surface area contributed by atoms with Crippen LogP contribution < -0.4 is 0 Å². The first-order chi connectivity index (χ1) is 8.02. The van der Waals surface area contributed by atoms with Crippen molar-refractivity contribution in [3.63, 3.8) is 0 Å². The van der Waals surface area contributed by atoms with Crippen LogP contribution >= 0.6 is 12.6 Å². The highest BCUT2D eigenvalue weighted by Crippen LogP contribution is 2.09. The Bertz CT molecular complexity index is 422. The van der Waals surface area contributed by atoms with Crippen molar-refractivity contribution < 1.29 is 4.79 Å². The molecule has 17 heavy (non-hydrogen) atoms. The van der Waals surface area contributed by atoms with Crippen molar-refractivity contribution in [3.8, 4) is 6.07 Å². The molecule has 0 bridgehead atoms. The minimum atomic E-state index is -0.135. The number of likely N-dealkylation sites (N-methyl/N-ethyl adjacent to an activating group) is 1. The molecule has 4 heteroatoms. The van der Waals surface area contributed by atoms with E-state index in [1.807, 2.05) is 24.3 Å². The second kappa shape index (κ2) is 6.31. The summed E-state index contributed by atoms with van der Waals surface area (Å²) in [7, 11) is 1.73. The molecule has 0 fully saturated rings. The molecule has 1 amide bonds. The molecule has 1 aromatic carbocycles. The molecule has 0 aliphatic rings. The fourth-order valence-electron chi connectivity index (χ4n) is 1.48. The fraction of sp³-hybridized carbons (Fsp3) is 0.385. The highest BCUT2D eigenvalue weighted by molar-refractivity contribution is 7.80. The fourth-order valence-corrected chi connectivity index (χ4v) is 1.63. The topological polar surface area (TPSA) is 44.1 Å². The zero-order chi connectivity index (χ0) is 12.8. The van der Waals surface area contributed by atoms with Gasteiger partial charge >= 0.3 is 0 Å². The number of hydrogen-bond acceptors (Lipinski definition) is 3. The molecular weight excluding hydrogens is 232 g/mol. The molecule has 0 aliphatic heterocycles. The molecule has 0 spiro atoms. The number of amides is 1. The van der Waals surface area contributed by atoms with Crippen LogP contribution in [0.5, 0.6) is 0 Å².